The summed E-state index contributed by atoms with van der Waals surface area (Å²) >= 11 is 0. The molecule has 3 aromatic carbocycles. The summed E-state index contributed by atoms with van der Waals surface area (Å²) in [4.78, 5) is 0. The summed E-state index contributed by atoms with van der Waals surface area (Å²) in [5.74, 6) is 0. The van der Waals surface area contributed by atoms with Crippen molar-refractivity contribution < 1.29 is 0 Å². The Kier molecular flexibility index (Phi) is 6.28. The van der Waals surface area contributed by atoms with Crippen LogP contribution in [0.5, 0.6) is 0 Å². The van der Waals surface area contributed by atoms with E-state index in [9.17, 15) is 0 Å². The normalized spacial score (nSPS) is 10.6. The van der Waals surface area contributed by atoms with Gasteiger partial charge in [0.15, 0.2) is 0 Å². The van der Waals surface area contributed by atoms with Crippen LogP contribution in [-0.2, 0) is 6.42 Å². The third-order valence-electron chi connectivity index (χ3n) is 4.55. The van der Waals surface area contributed by atoms with Crippen molar-refractivity contribution in [2.45, 2.75) is 39.0 Å². The molecule has 0 saturated carbocycles. The SMILES string of the molecule is CCCCCCc1ccc(-c2ccc(Nc3ccccc3)cc2)cc1. The lowest BCUT2D eigenvalue weighted by molar-refractivity contribution is 0.667. The number of unbranched alkanes of at least 4 members (excludes halogenated alkanes) is 3. The number of para-hydroxylation sites is 1. The van der Waals surface area contributed by atoms with Crippen molar-refractivity contribution >= 4 is 11.4 Å². The number of nitrogens with one attached hydrogen (secondary N) is 1. The molecule has 3 aromatic rings. The third-order valence-corrected chi connectivity index (χ3v) is 4.55. The molecule has 3 rings (SSSR count). The van der Waals surface area contributed by atoms with Gasteiger partial charge in [0.05, 0.1) is 0 Å². The number of rotatable bonds is 8. The molecule has 0 amide bonds. The zero-order valence-electron chi connectivity index (χ0n) is 15.0. The molecule has 25 heavy (non-hydrogen) atoms. The van der Waals surface area contributed by atoms with E-state index < -0.39 is 0 Å². The first-order chi connectivity index (χ1) is 12.3. The zero-order valence-corrected chi connectivity index (χ0v) is 15.0. The smallest absolute Gasteiger partial charge is 0.0384 e. The molecule has 0 bridgehead atoms. The summed E-state index contributed by atoms with van der Waals surface area (Å²) in [6.07, 6.45) is 6.48. The van der Waals surface area contributed by atoms with Crippen molar-refractivity contribution in [1.82, 2.24) is 0 Å². The highest BCUT2D eigenvalue weighted by Crippen LogP contribution is 2.24. The summed E-state index contributed by atoms with van der Waals surface area (Å²) in [6, 6.07) is 28.0. The van der Waals surface area contributed by atoms with Gasteiger partial charge in [-0.1, -0.05) is 80.8 Å². The maximum atomic E-state index is 3.43. The second-order valence-electron chi connectivity index (χ2n) is 6.58. The average molecular weight is 329 g/mol. The van der Waals surface area contributed by atoms with Gasteiger partial charge in [-0.3, -0.25) is 0 Å². The maximum absolute atomic E-state index is 3.43. The van der Waals surface area contributed by atoms with Crippen molar-refractivity contribution in [2.24, 2.45) is 0 Å². The van der Waals surface area contributed by atoms with Gasteiger partial charge < -0.3 is 5.32 Å². The minimum Gasteiger partial charge on any atom is -0.356 e. The van der Waals surface area contributed by atoms with Gasteiger partial charge in [-0.2, -0.15) is 0 Å². The summed E-state index contributed by atoms with van der Waals surface area (Å²) in [5, 5.41) is 3.43. The van der Waals surface area contributed by atoms with E-state index in [4.69, 9.17) is 0 Å². The molecule has 0 saturated heterocycles. The first-order valence-corrected chi connectivity index (χ1v) is 9.36. The van der Waals surface area contributed by atoms with E-state index in [2.05, 4.69) is 72.9 Å². The molecule has 0 aliphatic heterocycles. The fourth-order valence-electron chi connectivity index (χ4n) is 3.05. The summed E-state index contributed by atoms with van der Waals surface area (Å²) < 4.78 is 0. The minimum atomic E-state index is 1.11. The van der Waals surface area contributed by atoms with Gasteiger partial charge in [-0.15, -0.1) is 0 Å². The average Bonchev–Trinajstić information content (AvgIpc) is 2.67. The van der Waals surface area contributed by atoms with Crippen molar-refractivity contribution in [3.8, 4) is 11.1 Å². The number of hydrogen-bond acceptors (Lipinski definition) is 1. The van der Waals surface area contributed by atoms with E-state index in [1.54, 1.807) is 0 Å². The van der Waals surface area contributed by atoms with Gasteiger partial charge in [0.25, 0.3) is 0 Å². The van der Waals surface area contributed by atoms with E-state index in [1.807, 2.05) is 18.2 Å². The Hall–Kier alpha value is -2.54. The van der Waals surface area contributed by atoms with E-state index >= 15 is 0 Å². The van der Waals surface area contributed by atoms with Crippen molar-refractivity contribution in [1.29, 1.82) is 0 Å². The Morgan fingerprint density at radius 2 is 1.20 bits per heavy atom. The van der Waals surface area contributed by atoms with Crippen LogP contribution in [-0.4, -0.2) is 0 Å². The van der Waals surface area contributed by atoms with E-state index in [0.29, 0.717) is 0 Å². The largest absolute Gasteiger partial charge is 0.356 e. The van der Waals surface area contributed by atoms with Crippen molar-refractivity contribution in [3.05, 3.63) is 84.4 Å². The summed E-state index contributed by atoms with van der Waals surface area (Å²) in [6.45, 7) is 2.26. The molecule has 0 spiro atoms. The van der Waals surface area contributed by atoms with Gasteiger partial charge >= 0.3 is 0 Å². The van der Waals surface area contributed by atoms with Gasteiger partial charge in [0.1, 0.15) is 0 Å². The van der Waals surface area contributed by atoms with Crippen LogP contribution in [0.3, 0.4) is 0 Å². The molecule has 0 radical (unpaired) electrons. The number of anilines is 2. The van der Waals surface area contributed by atoms with Crippen LogP contribution in [0.15, 0.2) is 78.9 Å². The predicted molar refractivity (Wildman–Crippen MR) is 109 cm³/mol. The van der Waals surface area contributed by atoms with Crippen LogP contribution in [0, 0.1) is 0 Å². The van der Waals surface area contributed by atoms with E-state index in [0.717, 1.165) is 11.4 Å². The first-order valence-electron chi connectivity index (χ1n) is 9.36. The van der Waals surface area contributed by atoms with Crippen LogP contribution in [0.4, 0.5) is 11.4 Å². The topological polar surface area (TPSA) is 12.0 Å². The second-order valence-corrected chi connectivity index (χ2v) is 6.58. The number of benzene rings is 3. The van der Waals surface area contributed by atoms with Gasteiger partial charge in [-0.25, -0.2) is 0 Å². The summed E-state index contributed by atoms with van der Waals surface area (Å²) in [7, 11) is 0. The molecule has 0 fully saturated rings. The molecular formula is C24H27N. The fourth-order valence-corrected chi connectivity index (χ4v) is 3.05. The quantitative estimate of drug-likeness (QED) is 0.430. The predicted octanol–water partition coefficient (Wildman–Crippen LogP) is 7.22. The molecule has 0 atom stereocenters. The van der Waals surface area contributed by atoms with E-state index in [1.165, 1.54) is 48.8 Å². The molecule has 0 unspecified atom stereocenters. The Balaban J connectivity index is 1.60. The van der Waals surface area contributed by atoms with Crippen molar-refractivity contribution in [2.75, 3.05) is 5.32 Å². The Bertz CT molecular complexity index is 742. The lowest BCUT2D eigenvalue weighted by Crippen LogP contribution is -1.89. The maximum Gasteiger partial charge on any atom is 0.0384 e. The lowest BCUT2D eigenvalue weighted by Gasteiger charge is -2.08. The minimum absolute atomic E-state index is 1.11. The van der Waals surface area contributed by atoms with Crippen LogP contribution in [0.2, 0.25) is 0 Å². The molecule has 0 aliphatic carbocycles. The molecule has 128 valence electrons. The fraction of sp³-hybridized carbons (Fsp3) is 0.250. The Morgan fingerprint density at radius 1 is 0.600 bits per heavy atom. The highest BCUT2D eigenvalue weighted by atomic mass is 14.9. The molecular weight excluding hydrogens is 302 g/mol. The Morgan fingerprint density at radius 3 is 1.84 bits per heavy atom. The van der Waals surface area contributed by atoms with Crippen LogP contribution < -0.4 is 5.32 Å². The van der Waals surface area contributed by atoms with Gasteiger partial charge in [0, 0.05) is 11.4 Å². The third kappa shape index (κ3) is 5.22. The van der Waals surface area contributed by atoms with Crippen LogP contribution in [0.1, 0.15) is 38.2 Å². The number of hydrogen-bond donors (Lipinski definition) is 1. The molecule has 0 aromatic heterocycles. The second kappa shape index (κ2) is 9.08. The van der Waals surface area contributed by atoms with E-state index in [-0.39, 0.29) is 0 Å². The van der Waals surface area contributed by atoms with Crippen LogP contribution in [0.25, 0.3) is 11.1 Å². The van der Waals surface area contributed by atoms with Gasteiger partial charge in [0.2, 0.25) is 0 Å². The molecule has 0 aliphatic rings. The standard InChI is InChI=1S/C24H27N/c1-2-3-4-6-9-20-12-14-21(15-13-20)22-16-18-24(19-17-22)25-23-10-7-5-8-11-23/h5,7-8,10-19,25H,2-4,6,9H2,1H3. The Labute approximate surface area is 151 Å². The molecule has 1 N–H and O–H groups in total. The molecule has 1 nitrogen and oxygen atoms in total. The first kappa shape index (κ1) is 17.3. The highest BCUT2D eigenvalue weighted by molar-refractivity contribution is 5.68. The zero-order chi connectivity index (χ0) is 17.3. The van der Waals surface area contributed by atoms with Gasteiger partial charge in [-0.05, 0) is 53.8 Å². The number of aryl methyl sites for hydroxylation is 1. The molecule has 0 heterocycles. The molecule has 1 heteroatoms. The summed E-state index contributed by atoms with van der Waals surface area (Å²) in [5.41, 5.74) is 6.21. The monoisotopic (exact) mass is 329 g/mol. The lowest BCUT2D eigenvalue weighted by atomic mass is 10.0. The highest BCUT2D eigenvalue weighted by Gasteiger charge is 2.00. The van der Waals surface area contributed by atoms with Crippen LogP contribution >= 0.6 is 0 Å². The van der Waals surface area contributed by atoms with Crippen molar-refractivity contribution in [3.63, 3.8) is 0 Å².